The van der Waals surface area contributed by atoms with Crippen molar-refractivity contribution in [3.05, 3.63) is 81.1 Å². The topological polar surface area (TPSA) is 113 Å². The zero-order valence-corrected chi connectivity index (χ0v) is 25.0. The average molecular weight is 575 g/mol. The maximum absolute atomic E-state index is 13.5. The van der Waals surface area contributed by atoms with Crippen LogP contribution in [0.3, 0.4) is 0 Å². The van der Waals surface area contributed by atoms with Gasteiger partial charge in [-0.2, -0.15) is 5.10 Å². The molecule has 42 heavy (non-hydrogen) atoms. The minimum Gasteiger partial charge on any atom is -0.497 e. The number of amides is 1. The second-order valence-corrected chi connectivity index (χ2v) is 11.9. The molecule has 5 rings (SSSR count). The van der Waals surface area contributed by atoms with Gasteiger partial charge in [0.2, 0.25) is 0 Å². The summed E-state index contributed by atoms with van der Waals surface area (Å²) in [6.07, 6.45) is 1.99. The summed E-state index contributed by atoms with van der Waals surface area (Å²) in [5, 5.41) is 9.06. The summed E-state index contributed by atoms with van der Waals surface area (Å²) in [4.78, 5) is 40.5. The van der Waals surface area contributed by atoms with E-state index >= 15 is 0 Å². The maximum atomic E-state index is 13.5. The Morgan fingerprint density at radius 1 is 1.10 bits per heavy atom. The van der Waals surface area contributed by atoms with Gasteiger partial charge >= 0.3 is 11.8 Å². The molecule has 3 heterocycles. The number of aromatic nitrogens is 4. The van der Waals surface area contributed by atoms with Crippen molar-refractivity contribution in [2.45, 2.75) is 52.3 Å². The van der Waals surface area contributed by atoms with E-state index < -0.39 is 11.3 Å². The molecule has 222 valence electrons. The molecule has 1 saturated heterocycles. The van der Waals surface area contributed by atoms with Gasteiger partial charge in [0.1, 0.15) is 11.4 Å². The molecule has 0 unspecified atom stereocenters. The predicted molar refractivity (Wildman–Crippen MR) is 162 cm³/mol. The minimum atomic E-state index is -0.522. The molecule has 1 aliphatic rings. The highest BCUT2D eigenvalue weighted by atomic mass is 16.6. The molecule has 2 aromatic carbocycles. The van der Waals surface area contributed by atoms with Crippen molar-refractivity contribution >= 4 is 22.7 Å². The fourth-order valence-electron chi connectivity index (χ4n) is 5.31. The zero-order chi connectivity index (χ0) is 30.2. The van der Waals surface area contributed by atoms with Crippen LogP contribution in [0.2, 0.25) is 0 Å². The highest BCUT2D eigenvalue weighted by molar-refractivity contribution is 5.89. The van der Waals surface area contributed by atoms with Crippen LogP contribution in [0, 0.1) is 5.92 Å². The number of anilines is 1. The minimum absolute atomic E-state index is 0.131. The first kappa shape index (κ1) is 29.0. The first-order valence-corrected chi connectivity index (χ1v) is 14.1. The number of hydrogen-bond donors (Lipinski definition) is 1. The standard InChI is InChI=1S/C31H38N6O5/c1-20-18-35(30(40)42-31(2,3)4)15-13-25(20)32-22-9-12-24-26(17-22)34(5)33-28(24)36-16-14-27(38)37(29(36)39)19-21-7-10-23(41-6)11-8-21/h7-12,14,16-17,20,25,32H,13,15,18-19H2,1-6H3/t20-,25-/m1/s1. The van der Waals surface area contributed by atoms with Gasteiger partial charge in [-0.1, -0.05) is 19.1 Å². The summed E-state index contributed by atoms with van der Waals surface area (Å²) >= 11 is 0. The molecular weight excluding hydrogens is 536 g/mol. The monoisotopic (exact) mass is 574 g/mol. The van der Waals surface area contributed by atoms with Gasteiger partial charge in [-0.3, -0.25) is 18.6 Å². The van der Waals surface area contributed by atoms with Gasteiger partial charge in [-0.15, -0.1) is 0 Å². The van der Waals surface area contributed by atoms with Gasteiger partial charge in [0.15, 0.2) is 5.82 Å². The molecular formula is C31H38N6O5. The molecule has 2 atom stereocenters. The Balaban J connectivity index is 1.36. The van der Waals surface area contributed by atoms with Crippen LogP contribution in [-0.4, -0.2) is 61.8 Å². The summed E-state index contributed by atoms with van der Waals surface area (Å²) in [7, 11) is 3.42. The number of piperidine rings is 1. The van der Waals surface area contributed by atoms with Crippen LogP contribution in [0.1, 0.15) is 39.7 Å². The van der Waals surface area contributed by atoms with E-state index in [0.717, 1.165) is 28.6 Å². The third kappa shape index (κ3) is 6.05. The van der Waals surface area contributed by atoms with E-state index in [1.54, 1.807) is 28.8 Å². The summed E-state index contributed by atoms with van der Waals surface area (Å²) in [5.41, 5.74) is 1.20. The van der Waals surface area contributed by atoms with Crippen molar-refractivity contribution in [1.29, 1.82) is 0 Å². The molecule has 0 radical (unpaired) electrons. The van der Waals surface area contributed by atoms with E-state index in [0.29, 0.717) is 24.7 Å². The number of rotatable bonds is 6. The van der Waals surface area contributed by atoms with E-state index in [9.17, 15) is 14.4 Å². The first-order valence-electron chi connectivity index (χ1n) is 14.1. The van der Waals surface area contributed by atoms with Crippen molar-refractivity contribution in [3.63, 3.8) is 0 Å². The normalized spacial score (nSPS) is 17.3. The number of aryl methyl sites for hydroxylation is 1. The number of carbonyl (C=O) groups excluding carboxylic acids is 1. The van der Waals surface area contributed by atoms with Crippen LogP contribution in [-0.2, 0) is 18.3 Å². The Labute approximate surface area is 244 Å². The lowest BCUT2D eigenvalue weighted by molar-refractivity contribution is 0.0165. The zero-order valence-electron chi connectivity index (χ0n) is 25.0. The van der Waals surface area contributed by atoms with E-state index in [2.05, 4.69) is 17.3 Å². The Morgan fingerprint density at radius 2 is 1.83 bits per heavy atom. The Kier molecular flexibility index (Phi) is 7.85. The third-order valence-electron chi connectivity index (χ3n) is 7.54. The van der Waals surface area contributed by atoms with Gasteiger partial charge in [0, 0.05) is 49.5 Å². The number of likely N-dealkylation sites (tertiary alicyclic amines) is 1. The number of benzene rings is 2. The Hall–Kier alpha value is -4.54. The number of nitrogens with one attached hydrogen (secondary N) is 1. The summed E-state index contributed by atoms with van der Waals surface area (Å²) in [6.45, 7) is 9.10. The SMILES string of the molecule is COc1ccc(Cn2c(=O)ccn(-c3nn(C)c4cc(N[C@@H]5CCN(C(=O)OC(C)(C)C)C[C@H]5C)ccc34)c2=O)cc1. The number of carbonyl (C=O) groups is 1. The third-order valence-corrected chi connectivity index (χ3v) is 7.54. The molecule has 1 aliphatic heterocycles. The highest BCUT2D eigenvalue weighted by Gasteiger charge is 2.31. The number of nitrogens with zero attached hydrogens (tertiary/aromatic N) is 5. The van der Waals surface area contributed by atoms with Crippen LogP contribution < -0.4 is 21.3 Å². The molecule has 0 aliphatic carbocycles. The quantitative estimate of drug-likeness (QED) is 0.370. The molecule has 11 nitrogen and oxygen atoms in total. The maximum Gasteiger partial charge on any atom is 0.410 e. The predicted octanol–water partition coefficient (Wildman–Crippen LogP) is 4.00. The lowest BCUT2D eigenvalue weighted by atomic mass is 9.93. The van der Waals surface area contributed by atoms with Gasteiger partial charge in [0.05, 0.1) is 19.2 Å². The summed E-state index contributed by atoms with van der Waals surface area (Å²) < 4.78 is 15.1. The summed E-state index contributed by atoms with van der Waals surface area (Å²) in [5.74, 6) is 1.37. The van der Waals surface area contributed by atoms with Gasteiger partial charge < -0.3 is 19.7 Å². The van der Waals surface area contributed by atoms with Crippen molar-refractivity contribution in [3.8, 4) is 11.6 Å². The first-order chi connectivity index (χ1) is 19.9. The smallest absolute Gasteiger partial charge is 0.410 e. The van der Waals surface area contributed by atoms with Crippen LogP contribution in [0.15, 0.2) is 64.3 Å². The molecule has 0 spiro atoms. The van der Waals surface area contributed by atoms with Crippen molar-refractivity contribution < 1.29 is 14.3 Å². The fourth-order valence-corrected chi connectivity index (χ4v) is 5.31. The second-order valence-electron chi connectivity index (χ2n) is 11.9. The van der Waals surface area contributed by atoms with E-state index in [-0.39, 0.29) is 30.2 Å². The van der Waals surface area contributed by atoms with E-state index in [1.165, 1.54) is 21.4 Å². The number of methoxy groups -OCH3 is 1. The molecule has 1 N–H and O–H groups in total. The van der Waals surface area contributed by atoms with E-state index in [4.69, 9.17) is 9.47 Å². The lowest BCUT2D eigenvalue weighted by Crippen LogP contribution is -2.48. The van der Waals surface area contributed by atoms with Crippen LogP contribution in [0.25, 0.3) is 16.7 Å². The second kappa shape index (κ2) is 11.4. The molecule has 1 amide bonds. The largest absolute Gasteiger partial charge is 0.497 e. The highest BCUT2D eigenvalue weighted by Crippen LogP contribution is 2.27. The van der Waals surface area contributed by atoms with E-state index in [1.807, 2.05) is 58.2 Å². The fraction of sp³-hybridized carbons (Fsp3) is 0.419. The van der Waals surface area contributed by atoms with Crippen molar-refractivity contribution in [2.75, 3.05) is 25.5 Å². The van der Waals surface area contributed by atoms with Crippen molar-refractivity contribution in [2.24, 2.45) is 13.0 Å². The van der Waals surface area contributed by atoms with Gasteiger partial charge in [0.25, 0.3) is 5.56 Å². The average Bonchev–Trinajstić information content (AvgIpc) is 3.26. The molecule has 4 aromatic rings. The van der Waals surface area contributed by atoms with Gasteiger partial charge in [-0.25, -0.2) is 9.59 Å². The number of hydrogen-bond acceptors (Lipinski definition) is 7. The van der Waals surface area contributed by atoms with Crippen LogP contribution in [0.4, 0.5) is 10.5 Å². The molecule has 0 saturated carbocycles. The summed E-state index contributed by atoms with van der Waals surface area (Å²) in [6, 6.07) is 14.7. The number of ether oxygens (including phenoxy) is 2. The van der Waals surface area contributed by atoms with Crippen molar-refractivity contribution in [1.82, 2.24) is 23.8 Å². The Morgan fingerprint density at radius 3 is 2.50 bits per heavy atom. The van der Waals surface area contributed by atoms with Crippen LogP contribution in [0.5, 0.6) is 5.75 Å². The Bertz CT molecular complexity index is 1710. The molecule has 2 aromatic heterocycles. The molecule has 0 bridgehead atoms. The number of fused-ring (bicyclic) bond motifs is 1. The van der Waals surface area contributed by atoms with Gasteiger partial charge in [-0.05, 0) is 69.0 Å². The molecule has 1 fully saturated rings. The molecule has 11 heteroatoms. The lowest BCUT2D eigenvalue weighted by Gasteiger charge is -2.38. The van der Waals surface area contributed by atoms with Crippen LogP contribution >= 0.6 is 0 Å².